The molecule has 1 N–H and O–H groups in total. The Balaban J connectivity index is 1.86. The van der Waals surface area contributed by atoms with E-state index in [0.717, 1.165) is 0 Å². The molecular formula is C30H33N5O5. The van der Waals surface area contributed by atoms with Crippen molar-refractivity contribution < 1.29 is 23.9 Å². The van der Waals surface area contributed by atoms with Crippen LogP contribution in [0.5, 0.6) is 5.75 Å². The predicted octanol–water partition coefficient (Wildman–Crippen LogP) is 4.31. The first-order chi connectivity index (χ1) is 19.2. The molecular weight excluding hydrogens is 510 g/mol. The quantitative estimate of drug-likeness (QED) is 0.297. The molecule has 0 aliphatic heterocycles. The monoisotopic (exact) mass is 543 g/mol. The second-order valence-corrected chi connectivity index (χ2v) is 9.94. The Morgan fingerprint density at radius 1 is 1.00 bits per heavy atom. The number of hydrogen-bond acceptors (Lipinski definition) is 7. The highest BCUT2D eigenvalue weighted by molar-refractivity contribution is 6.02. The normalized spacial score (nSPS) is 12.0. The van der Waals surface area contributed by atoms with Crippen LogP contribution in [-0.4, -0.2) is 52.5 Å². The zero-order valence-corrected chi connectivity index (χ0v) is 23.2. The lowest BCUT2D eigenvalue weighted by atomic mass is 9.98. The molecule has 10 nitrogen and oxygen atoms in total. The lowest BCUT2D eigenvalue weighted by Crippen LogP contribution is -2.51. The number of ether oxygens (including phenoxy) is 2. The van der Waals surface area contributed by atoms with E-state index in [1.54, 1.807) is 55.6 Å². The number of carbonyl (C=O) groups is 3. The van der Waals surface area contributed by atoms with Gasteiger partial charge in [-0.05, 0) is 68.3 Å². The highest BCUT2D eigenvalue weighted by Crippen LogP contribution is 2.31. The summed E-state index contributed by atoms with van der Waals surface area (Å²) in [6.07, 6.45) is 0.671. The van der Waals surface area contributed by atoms with Gasteiger partial charge in [0.2, 0.25) is 11.8 Å². The summed E-state index contributed by atoms with van der Waals surface area (Å²) in [5, 5.41) is 11.4. The van der Waals surface area contributed by atoms with Gasteiger partial charge >= 0.3 is 5.97 Å². The van der Waals surface area contributed by atoms with Crippen LogP contribution in [0.3, 0.4) is 0 Å². The Bertz CT molecular complexity index is 1510. The molecule has 0 saturated carbocycles. The van der Waals surface area contributed by atoms with Crippen LogP contribution in [0, 0.1) is 0 Å². The molecule has 0 fully saturated rings. The van der Waals surface area contributed by atoms with E-state index in [9.17, 15) is 14.4 Å². The van der Waals surface area contributed by atoms with Crippen molar-refractivity contribution in [1.29, 1.82) is 0 Å². The third-order valence-electron chi connectivity index (χ3n) is 6.80. The summed E-state index contributed by atoms with van der Waals surface area (Å²) in [7, 11) is 2.84. The van der Waals surface area contributed by atoms with Gasteiger partial charge in [-0.1, -0.05) is 42.5 Å². The molecule has 2 amide bonds. The van der Waals surface area contributed by atoms with Crippen molar-refractivity contribution in [2.75, 3.05) is 19.1 Å². The minimum absolute atomic E-state index is 0.194. The zero-order chi connectivity index (χ0) is 28.9. The standard InChI is InChI=1S/C30H33N5O5/c1-6-30(2,3)31-28(37)27(20-14-16-23(39-4)17-15-20)35(22-11-9-10-21(18-22)29(38)40-5)26(36)19-34-25-13-8-7-12-24(25)32-33-34/h7-18,27H,6,19H2,1-5H3,(H,31,37)/t27-/m1/s1. The largest absolute Gasteiger partial charge is 0.497 e. The summed E-state index contributed by atoms with van der Waals surface area (Å²) in [5.41, 5.74) is 1.94. The Kier molecular flexibility index (Phi) is 8.47. The van der Waals surface area contributed by atoms with Crippen LogP contribution in [0.25, 0.3) is 11.0 Å². The minimum atomic E-state index is -1.08. The number of carbonyl (C=O) groups excluding carboxylic acids is 3. The summed E-state index contributed by atoms with van der Waals surface area (Å²) >= 11 is 0. The number of amides is 2. The lowest BCUT2D eigenvalue weighted by molar-refractivity contribution is -0.128. The predicted molar refractivity (Wildman–Crippen MR) is 151 cm³/mol. The van der Waals surface area contributed by atoms with E-state index in [0.29, 0.717) is 34.5 Å². The Morgan fingerprint density at radius 2 is 1.73 bits per heavy atom. The fourth-order valence-electron chi connectivity index (χ4n) is 4.27. The molecule has 3 aromatic carbocycles. The number of nitrogens with one attached hydrogen (secondary N) is 1. The number of anilines is 1. The van der Waals surface area contributed by atoms with E-state index >= 15 is 0 Å². The summed E-state index contributed by atoms with van der Waals surface area (Å²) < 4.78 is 11.7. The number of aromatic nitrogens is 3. The van der Waals surface area contributed by atoms with Crippen LogP contribution in [0.15, 0.2) is 72.8 Å². The van der Waals surface area contributed by atoms with Crippen LogP contribution >= 0.6 is 0 Å². The van der Waals surface area contributed by atoms with Crippen molar-refractivity contribution in [2.45, 2.75) is 45.3 Å². The molecule has 0 spiro atoms. The van der Waals surface area contributed by atoms with E-state index < -0.39 is 23.5 Å². The maximum atomic E-state index is 14.2. The average Bonchev–Trinajstić information content (AvgIpc) is 3.37. The molecule has 4 aromatic rings. The van der Waals surface area contributed by atoms with Crippen molar-refractivity contribution in [3.63, 3.8) is 0 Å². The lowest BCUT2D eigenvalue weighted by Gasteiger charge is -2.34. The fraction of sp³-hybridized carbons (Fsp3) is 0.300. The number of nitrogens with zero attached hydrogens (tertiary/aromatic N) is 4. The Morgan fingerprint density at radius 3 is 2.40 bits per heavy atom. The van der Waals surface area contributed by atoms with Crippen LogP contribution in [0.2, 0.25) is 0 Å². The first-order valence-electron chi connectivity index (χ1n) is 12.9. The third kappa shape index (κ3) is 6.12. The maximum absolute atomic E-state index is 14.2. The van der Waals surface area contributed by atoms with E-state index in [4.69, 9.17) is 9.47 Å². The number of methoxy groups -OCH3 is 2. The van der Waals surface area contributed by atoms with Crippen molar-refractivity contribution in [2.24, 2.45) is 0 Å². The van der Waals surface area contributed by atoms with Gasteiger partial charge in [-0.15, -0.1) is 5.10 Å². The molecule has 0 aliphatic rings. The number of rotatable bonds is 10. The smallest absolute Gasteiger partial charge is 0.337 e. The van der Waals surface area contributed by atoms with Crippen LogP contribution in [-0.2, 0) is 20.9 Å². The fourth-order valence-corrected chi connectivity index (χ4v) is 4.27. The second-order valence-electron chi connectivity index (χ2n) is 9.94. The molecule has 1 atom stereocenters. The molecule has 4 rings (SSSR count). The first kappa shape index (κ1) is 28.3. The van der Waals surface area contributed by atoms with Crippen molar-refractivity contribution in [3.8, 4) is 5.75 Å². The van der Waals surface area contributed by atoms with Gasteiger partial charge in [-0.25, -0.2) is 9.48 Å². The van der Waals surface area contributed by atoms with Gasteiger partial charge in [0.1, 0.15) is 23.9 Å². The molecule has 0 radical (unpaired) electrons. The van der Waals surface area contributed by atoms with Gasteiger partial charge in [0.05, 0.1) is 25.3 Å². The molecule has 40 heavy (non-hydrogen) atoms. The summed E-state index contributed by atoms with van der Waals surface area (Å²) in [4.78, 5) is 42.0. The molecule has 0 bridgehead atoms. The second kappa shape index (κ2) is 12.0. The number of benzene rings is 3. The molecule has 0 unspecified atom stereocenters. The van der Waals surface area contributed by atoms with Crippen LogP contribution in [0.1, 0.15) is 49.2 Å². The van der Waals surface area contributed by atoms with Crippen LogP contribution in [0.4, 0.5) is 5.69 Å². The zero-order valence-electron chi connectivity index (χ0n) is 23.2. The Labute approximate surface area is 232 Å². The van der Waals surface area contributed by atoms with Gasteiger partial charge in [-0.2, -0.15) is 0 Å². The van der Waals surface area contributed by atoms with Gasteiger partial charge < -0.3 is 14.8 Å². The van der Waals surface area contributed by atoms with Crippen molar-refractivity contribution >= 4 is 34.5 Å². The molecule has 0 aliphatic carbocycles. The molecule has 1 heterocycles. The van der Waals surface area contributed by atoms with E-state index in [2.05, 4.69) is 15.6 Å². The van der Waals surface area contributed by atoms with E-state index in [1.165, 1.54) is 22.8 Å². The van der Waals surface area contributed by atoms with Gasteiger partial charge in [0.25, 0.3) is 0 Å². The number of hydrogen-bond donors (Lipinski definition) is 1. The Hall–Kier alpha value is -4.73. The van der Waals surface area contributed by atoms with Gasteiger partial charge in [0, 0.05) is 11.2 Å². The minimum Gasteiger partial charge on any atom is -0.497 e. The topological polar surface area (TPSA) is 116 Å². The van der Waals surface area contributed by atoms with E-state index in [-0.39, 0.29) is 18.0 Å². The molecule has 10 heteroatoms. The third-order valence-corrected chi connectivity index (χ3v) is 6.80. The van der Waals surface area contributed by atoms with Crippen molar-refractivity contribution in [1.82, 2.24) is 20.3 Å². The van der Waals surface area contributed by atoms with Gasteiger partial charge in [-0.3, -0.25) is 14.5 Å². The maximum Gasteiger partial charge on any atom is 0.337 e. The van der Waals surface area contributed by atoms with Crippen molar-refractivity contribution in [3.05, 3.63) is 83.9 Å². The molecule has 1 aromatic heterocycles. The molecule has 0 saturated heterocycles. The number of para-hydroxylation sites is 1. The highest BCUT2D eigenvalue weighted by atomic mass is 16.5. The number of esters is 1. The van der Waals surface area contributed by atoms with Crippen LogP contribution < -0.4 is 15.0 Å². The van der Waals surface area contributed by atoms with E-state index in [1.807, 2.05) is 39.0 Å². The average molecular weight is 544 g/mol. The SMILES string of the molecule is CCC(C)(C)NC(=O)[C@@H](c1ccc(OC)cc1)N(C(=O)Cn1nnc2ccccc21)c1cccc(C(=O)OC)c1. The van der Waals surface area contributed by atoms with Gasteiger partial charge in [0.15, 0.2) is 0 Å². The summed E-state index contributed by atoms with van der Waals surface area (Å²) in [5.74, 6) is -0.759. The molecule has 208 valence electrons. The summed E-state index contributed by atoms with van der Waals surface area (Å²) in [6.45, 7) is 5.62. The number of fused-ring (bicyclic) bond motifs is 1. The summed E-state index contributed by atoms with van der Waals surface area (Å²) in [6, 6.07) is 19.6. The first-order valence-corrected chi connectivity index (χ1v) is 12.9. The highest BCUT2D eigenvalue weighted by Gasteiger charge is 2.35.